The number of hydrogen-bond donors (Lipinski definition) is 2. The Labute approximate surface area is 147 Å². The van der Waals surface area contributed by atoms with Crippen LogP contribution < -0.4 is 5.32 Å². The first kappa shape index (κ1) is 18.9. The molecule has 0 saturated carbocycles. The van der Waals surface area contributed by atoms with Gasteiger partial charge >= 0.3 is 0 Å². The zero-order valence-electron chi connectivity index (χ0n) is 13.8. The molecule has 9 heteroatoms. The van der Waals surface area contributed by atoms with E-state index in [0.717, 1.165) is 38.8 Å². The van der Waals surface area contributed by atoms with Gasteiger partial charge in [-0.2, -0.15) is 13.7 Å². The molecule has 2 rings (SSSR count). The van der Waals surface area contributed by atoms with Crippen molar-refractivity contribution >= 4 is 21.7 Å². The minimum atomic E-state index is -4.36. The summed E-state index contributed by atoms with van der Waals surface area (Å²) in [7, 11) is -4.36. The fourth-order valence-electron chi connectivity index (χ4n) is 2.46. The second kappa shape index (κ2) is 8.11. The number of likely N-dealkylation sites (N-methyl/N-ethyl adjacent to an activating group) is 1. The van der Waals surface area contributed by atoms with E-state index in [2.05, 4.69) is 17.1 Å². The summed E-state index contributed by atoms with van der Waals surface area (Å²) in [6.45, 7) is 6.23. The molecule has 1 aliphatic rings. The van der Waals surface area contributed by atoms with E-state index in [-0.39, 0.29) is 16.2 Å². The van der Waals surface area contributed by atoms with Crippen LogP contribution >= 0.6 is 0 Å². The van der Waals surface area contributed by atoms with Crippen molar-refractivity contribution < 1.29 is 17.8 Å². The Morgan fingerprint density at radius 3 is 2.60 bits per heavy atom. The standard InChI is InChI=1S/C16H20N4O4S/c1-2-19-6-8-20(9-7-19)12-13(11-17)16(21)18-14-4-3-5-15(10-14)25(22,23)24/h3-5,10,12H,2,6-9H2,1H3,(H,18,21)(H,22,23,24)/b13-12-. The van der Waals surface area contributed by atoms with Crippen molar-refractivity contribution in [2.45, 2.75) is 11.8 Å². The van der Waals surface area contributed by atoms with Crippen LogP contribution in [0.4, 0.5) is 5.69 Å². The van der Waals surface area contributed by atoms with Crippen molar-refractivity contribution in [1.29, 1.82) is 5.26 Å². The van der Waals surface area contributed by atoms with Crippen LogP contribution in [0.15, 0.2) is 40.9 Å². The molecule has 0 unspecified atom stereocenters. The van der Waals surface area contributed by atoms with Crippen molar-refractivity contribution in [3.05, 3.63) is 36.0 Å². The summed E-state index contributed by atoms with van der Waals surface area (Å²) in [5.41, 5.74) is 0.110. The maximum Gasteiger partial charge on any atom is 0.294 e. The Bertz CT molecular complexity index is 806. The third-order valence-corrected chi connectivity index (χ3v) is 4.77. The summed E-state index contributed by atoms with van der Waals surface area (Å²) in [5.74, 6) is -0.632. The Morgan fingerprint density at radius 1 is 1.36 bits per heavy atom. The molecule has 25 heavy (non-hydrogen) atoms. The SMILES string of the molecule is CCN1CCN(/C=C(/C#N)C(=O)Nc2cccc(S(=O)(=O)O)c2)CC1. The lowest BCUT2D eigenvalue weighted by Gasteiger charge is -2.33. The topological polar surface area (TPSA) is 114 Å². The van der Waals surface area contributed by atoms with E-state index < -0.39 is 16.0 Å². The number of benzene rings is 1. The van der Waals surface area contributed by atoms with Gasteiger partial charge in [0.2, 0.25) is 0 Å². The summed E-state index contributed by atoms with van der Waals surface area (Å²) < 4.78 is 31.3. The summed E-state index contributed by atoms with van der Waals surface area (Å²) in [6.07, 6.45) is 1.52. The second-order valence-electron chi connectivity index (χ2n) is 5.58. The van der Waals surface area contributed by atoms with E-state index in [1.54, 1.807) is 0 Å². The van der Waals surface area contributed by atoms with Crippen LogP contribution in [0.25, 0.3) is 0 Å². The molecular weight excluding hydrogens is 344 g/mol. The molecule has 0 atom stereocenters. The molecule has 0 aliphatic carbocycles. The van der Waals surface area contributed by atoms with Crippen LogP contribution in [0, 0.1) is 11.3 Å². The van der Waals surface area contributed by atoms with Crippen molar-refractivity contribution in [2.75, 3.05) is 38.0 Å². The van der Waals surface area contributed by atoms with E-state index in [1.807, 2.05) is 11.0 Å². The average molecular weight is 364 g/mol. The van der Waals surface area contributed by atoms with Gasteiger partial charge in [0.15, 0.2) is 0 Å². The largest absolute Gasteiger partial charge is 0.374 e. The quantitative estimate of drug-likeness (QED) is 0.453. The van der Waals surface area contributed by atoms with E-state index in [0.29, 0.717) is 0 Å². The molecule has 1 heterocycles. The molecule has 1 fully saturated rings. The molecule has 1 saturated heterocycles. The zero-order valence-corrected chi connectivity index (χ0v) is 14.7. The van der Waals surface area contributed by atoms with Gasteiger partial charge in [-0.05, 0) is 24.7 Å². The first-order valence-electron chi connectivity index (χ1n) is 7.80. The number of anilines is 1. The van der Waals surface area contributed by atoms with E-state index in [9.17, 15) is 18.5 Å². The van der Waals surface area contributed by atoms with Gasteiger partial charge in [0.1, 0.15) is 11.6 Å². The third-order valence-electron chi connectivity index (χ3n) is 3.92. The van der Waals surface area contributed by atoms with Crippen molar-refractivity contribution in [2.24, 2.45) is 0 Å². The summed E-state index contributed by atoms with van der Waals surface area (Å²) in [4.78, 5) is 16.1. The number of nitrogens with zero attached hydrogens (tertiary/aromatic N) is 3. The Hall–Kier alpha value is -2.41. The van der Waals surface area contributed by atoms with Crippen molar-refractivity contribution in [1.82, 2.24) is 9.80 Å². The van der Waals surface area contributed by atoms with Gasteiger partial charge in [0, 0.05) is 38.1 Å². The summed E-state index contributed by atoms with van der Waals surface area (Å²) in [5, 5.41) is 11.7. The smallest absolute Gasteiger partial charge is 0.294 e. The normalized spacial score (nSPS) is 16.4. The number of nitriles is 1. The molecule has 0 aromatic heterocycles. The molecule has 8 nitrogen and oxygen atoms in total. The lowest BCUT2D eigenvalue weighted by molar-refractivity contribution is -0.112. The lowest BCUT2D eigenvalue weighted by atomic mass is 10.2. The second-order valence-corrected chi connectivity index (χ2v) is 7.00. The van der Waals surface area contributed by atoms with Crippen molar-refractivity contribution in [3.63, 3.8) is 0 Å². The van der Waals surface area contributed by atoms with Crippen LogP contribution in [-0.4, -0.2) is 61.4 Å². The zero-order chi connectivity index (χ0) is 18.4. The van der Waals surface area contributed by atoms with Crippen LogP contribution in [-0.2, 0) is 14.9 Å². The molecule has 1 aromatic rings. The number of piperazine rings is 1. The van der Waals surface area contributed by atoms with Gasteiger partial charge in [-0.3, -0.25) is 9.35 Å². The number of hydrogen-bond acceptors (Lipinski definition) is 6. The molecule has 2 N–H and O–H groups in total. The predicted octanol–water partition coefficient (Wildman–Crippen LogP) is 0.917. The lowest BCUT2D eigenvalue weighted by Crippen LogP contribution is -2.44. The highest BCUT2D eigenvalue weighted by molar-refractivity contribution is 7.85. The number of carbonyl (C=O) groups is 1. The minimum absolute atomic E-state index is 0.0674. The van der Waals surface area contributed by atoms with Gasteiger partial charge in [-0.1, -0.05) is 13.0 Å². The van der Waals surface area contributed by atoms with Crippen LogP contribution in [0.1, 0.15) is 6.92 Å². The maximum absolute atomic E-state index is 12.2. The summed E-state index contributed by atoms with van der Waals surface area (Å²) >= 11 is 0. The van der Waals surface area contributed by atoms with E-state index >= 15 is 0 Å². The van der Waals surface area contributed by atoms with Gasteiger partial charge < -0.3 is 15.1 Å². The number of nitrogens with one attached hydrogen (secondary N) is 1. The highest BCUT2D eigenvalue weighted by Crippen LogP contribution is 2.16. The Morgan fingerprint density at radius 2 is 2.04 bits per heavy atom. The Kier molecular flexibility index (Phi) is 6.14. The number of carbonyl (C=O) groups excluding carboxylic acids is 1. The first-order valence-corrected chi connectivity index (χ1v) is 9.24. The molecule has 1 aliphatic heterocycles. The van der Waals surface area contributed by atoms with E-state index in [4.69, 9.17) is 4.55 Å². The fourth-order valence-corrected chi connectivity index (χ4v) is 2.99. The van der Waals surface area contributed by atoms with Crippen LogP contribution in [0.2, 0.25) is 0 Å². The maximum atomic E-state index is 12.2. The average Bonchev–Trinajstić information content (AvgIpc) is 2.59. The molecule has 0 radical (unpaired) electrons. The van der Waals surface area contributed by atoms with Crippen molar-refractivity contribution in [3.8, 4) is 6.07 Å². The van der Waals surface area contributed by atoms with Gasteiger partial charge in [0.25, 0.3) is 16.0 Å². The van der Waals surface area contributed by atoms with Crippen LogP contribution in [0.3, 0.4) is 0 Å². The van der Waals surface area contributed by atoms with Gasteiger partial charge in [-0.25, -0.2) is 0 Å². The number of rotatable bonds is 5. The molecule has 0 bridgehead atoms. The molecule has 1 amide bonds. The molecule has 0 spiro atoms. The predicted molar refractivity (Wildman–Crippen MR) is 92.3 cm³/mol. The highest BCUT2D eigenvalue weighted by atomic mass is 32.2. The monoisotopic (exact) mass is 364 g/mol. The number of amides is 1. The molecule has 1 aromatic carbocycles. The Balaban J connectivity index is 2.08. The van der Waals surface area contributed by atoms with Gasteiger partial charge in [0.05, 0.1) is 4.90 Å². The molecular formula is C16H20N4O4S. The minimum Gasteiger partial charge on any atom is -0.374 e. The van der Waals surface area contributed by atoms with Crippen LogP contribution in [0.5, 0.6) is 0 Å². The fraction of sp³-hybridized carbons (Fsp3) is 0.375. The molecule has 134 valence electrons. The summed E-state index contributed by atoms with van der Waals surface area (Å²) in [6, 6.07) is 7.06. The highest BCUT2D eigenvalue weighted by Gasteiger charge is 2.17. The first-order chi connectivity index (χ1) is 11.8. The van der Waals surface area contributed by atoms with E-state index in [1.165, 1.54) is 24.4 Å². The third kappa shape index (κ3) is 5.29. The van der Waals surface area contributed by atoms with Gasteiger partial charge in [-0.15, -0.1) is 0 Å².